The number of hydrogen-bond acceptors (Lipinski definition) is 4. The fraction of sp³-hybridized carbons (Fsp3) is 0.167. The summed E-state index contributed by atoms with van der Waals surface area (Å²) in [7, 11) is 0. The molecule has 84 valence electrons. The second-order valence-corrected chi connectivity index (χ2v) is 4.22. The van der Waals surface area contributed by atoms with Crippen molar-refractivity contribution in [1.82, 2.24) is 14.9 Å². The van der Waals surface area contributed by atoms with Crippen molar-refractivity contribution in [3.8, 4) is 0 Å². The normalized spacial score (nSPS) is 17.8. The van der Waals surface area contributed by atoms with Crippen LogP contribution in [0.25, 0.3) is 10.9 Å². The molecule has 3 heterocycles. The van der Waals surface area contributed by atoms with E-state index >= 15 is 0 Å². The number of carbonyl (C=O) groups excluding carboxylic acids is 1. The van der Waals surface area contributed by atoms with Crippen molar-refractivity contribution in [2.75, 3.05) is 18.2 Å². The Hall–Kier alpha value is -2.30. The first-order chi connectivity index (χ1) is 8.34. The minimum Gasteiger partial charge on any atom is -0.290 e. The molecule has 0 saturated heterocycles. The van der Waals surface area contributed by atoms with Crippen LogP contribution in [-0.2, 0) is 0 Å². The number of benzene rings is 1. The predicted octanol–water partition coefficient (Wildman–Crippen LogP) is 0.915. The lowest BCUT2D eigenvalue weighted by Gasteiger charge is -2.34. The van der Waals surface area contributed by atoms with Crippen molar-refractivity contribution in [2.45, 2.75) is 0 Å². The molecule has 0 bridgehead atoms. The van der Waals surface area contributed by atoms with Crippen LogP contribution in [0, 0.1) is 0 Å². The van der Waals surface area contributed by atoms with Gasteiger partial charge in [0.1, 0.15) is 12.2 Å². The number of hydrazine groups is 1. The molecule has 2 aliphatic rings. The standard InChI is InChI=1S/C12H10N4O/c17-11-8-14-6-3-7-15(14)16-12(11)9-4-1-2-5-10(9)13-16/h1-6H,7-8H2. The van der Waals surface area contributed by atoms with Crippen molar-refractivity contribution in [1.29, 1.82) is 0 Å². The van der Waals surface area contributed by atoms with Gasteiger partial charge in [-0.1, -0.05) is 18.2 Å². The molecule has 2 aliphatic heterocycles. The molecular formula is C12H10N4O. The second-order valence-electron chi connectivity index (χ2n) is 4.22. The van der Waals surface area contributed by atoms with Crippen molar-refractivity contribution in [2.24, 2.45) is 0 Å². The quantitative estimate of drug-likeness (QED) is 0.669. The van der Waals surface area contributed by atoms with Crippen LogP contribution in [0.15, 0.2) is 36.5 Å². The average molecular weight is 226 g/mol. The number of nitrogens with zero attached hydrogens (tertiary/aromatic N) is 4. The van der Waals surface area contributed by atoms with Gasteiger partial charge in [-0.25, -0.2) is 5.12 Å². The van der Waals surface area contributed by atoms with E-state index in [9.17, 15) is 4.79 Å². The Labute approximate surface area is 97.5 Å². The van der Waals surface area contributed by atoms with E-state index in [-0.39, 0.29) is 5.78 Å². The highest BCUT2D eigenvalue weighted by Crippen LogP contribution is 2.24. The van der Waals surface area contributed by atoms with Crippen molar-refractivity contribution >= 4 is 16.7 Å². The summed E-state index contributed by atoms with van der Waals surface area (Å²) in [5, 5.41) is 9.28. The fourth-order valence-corrected chi connectivity index (χ4v) is 2.44. The van der Waals surface area contributed by atoms with Crippen LogP contribution in [0.2, 0.25) is 0 Å². The lowest BCUT2D eigenvalue weighted by atomic mass is 10.1. The van der Waals surface area contributed by atoms with E-state index in [1.54, 1.807) is 4.79 Å². The van der Waals surface area contributed by atoms with Gasteiger partial charge in [-0.15, -0.1) is 0 Å². The maximum atomic E-state index is 12.1. The van der Waals surface area contributed by atoms with E-state index in [1.165, 1.54) is 0 Å². The predicted molar refractivity (Wildman–Crippen MR) is 63.0 cm³/mol. The van der Waals surface area contributed by atoms with Crippen molar-refractivity contribution in [3.63, 3.8) is 0 Å². The summed E-state index contributed by atoms with van der Waals surface area (Å²) < 4.78 is 0. The molecule has 0 saturated carbocycles. The topological polar surface area (TPSA) is 41.4 Å². The van der Waals surface area contributed by atoms with E-state index in [1.807, 2.05) is 46.7 Å². The van der Waals surface area contributed by atoms with Crippen LogP contribution >= 0.6 is 0 Å². The molecule has 0 spiro atoms. The Morgan fingerprint density at radius 3 is 3.06 bits per heavy atom. The molecule has 0 amide bonds. The monoisotopic (exact) mass is 226 g/mol. The molecule has 0 aliphatic carbocycles. The van der Waals surface area contributed by atoms with Gasteiger partial charge in [0, 0.05) is 11.6 Å². The Morgan fingerprint density at radius 2 is 2.12 bits per heavy atom. The van der Waals surface area contributed by atoms with E-state index in [0.717, 1.165) is 17.4 Å². The van der Waals surface area contributed by atoms with Gasteiger partial charge < -0.3 is 0 Å². The number of fused-ring (bicyclic) bond motifs is 5. The zero-order valence-electron chi connectivity index (χ0n) is 9.08. The van der Waals surface area contributed by atoms with E-state index < -0.39 is 0 Å². The van der Waals surface area contributed by atoms with Crippen LogP contribution in [-0.4, -0.2) is 33.8 Å². The Balaban J connectivity index is 2.04. The molecule has 0 unspecified atom stereocenters. The van der Waals surface area contributed by atoms with Gasteiger partial charge in [0.25, 0.3) is 0 Å². The zero-order chi connectivity index (χ0) is 11.4. The third-order valence-electron chi connectivity index (χ3n) is 3.19. The van der Waals surface area contributed by atoms with Crippen LogP contribution in [0.4, 0.5) is 0 Å². The Morgan fingerprint density at radius 1 is 1.24 bits per heavy atom. The molecule has 17 heavy (non-hydrogen) atoms. The number of rotatable bonds is 0. The van der Waals surface area contributed by atoms with Gasteiger partial charge in [-0.05, 0) is 12.1 Å². The summed E-state index contributed by atoms with van der Waals surface area (Å²) in [6, 6.07) is 7.76. The van der Waals surface area contributed by atoms with Crippen molar-refractivity contribution < 1.29 is 4.79 Å². The number of Topliss-reactive ketones (excluding diaryl/α,β-unsaturated/α-hetero) is 1. The van der Waals surface area contributed by atoms with E-state index in [2.05, 4.69) is 5.10 Å². The summed E-state index contributed by atoms with van der Waals surface area (Å²) in [5.74, 6) is 0.113. The van der Waals surface area contributed by atoms with Crippen LogP contribution in [0.3, 0.4) is 0 Å². The number of ketones is 1. The molecule has 0 atom stereocenters. The largest absolute Gasteiger partial charge is 0.290 e. The number of aromatic nitrogens is 2. The van der Waals surface area contributed by atoms with Crippen LogP contribution in [0.1, 0.15) is 10.5 Å². The summed E-state index contributed by atoms with van der Waals surface area (Å²) in [5.41, 5.74) is 1.56. The van der Waals surface area contributed by atoms with Gasteiger partial charge in [0.2, 0.25) is 5.78 Å². The maximum absolute atomic E-state index is 12.1. The molecule has 0 fully saturated rings. The lowest BCUT2D eigenvalue weighted by Crippen LogP contribution is -2.52. The van der Waals surface area contributed by atoms with Gasteiger partial charge in [0.05, 0.1) is 12.1 Å². The Bertz CT molecular complexity index is 658. The number of carbonyl (C=O) groups is 1. The van der Waals surface area contributed by atoms with E-state index in [4.69, 9.17) is 0 Å². The van der Waals surface area contributed by atoms with Gasteiger partial charge >= 0.3 is 0 Å². The number of hydrogen-bond donors (Lipinski definition) is 0. The molecule has 5 heteroatoms. The van der Waals surface area contributed by atoms with Crippen LogP contribution in [0.5, 0.6) is 0 Å². The van der Waals surface area contributed by atoms with Gasteiger partial charge in [0.15, 0.2) is 0 Å². The smallest absolute Gasteiger partial charge is 0.205 e. The molecule has 1 aromatic heterocycles. The minimum absolute atomic E-state index is 0.113. The summed E-state index contributed by atoms with van der Waals surface area (Å²) >= 11 is 0. The first-order valence-corrected chi connectivity index (χ1v) is 5.56. The highest BCUT2D eigenvalue weighted by molar-refractivity contribution is 6.07. The molecule has 2 aromatic rings. The fourth-order valence-electron chi connectivity index (χ4n) is 2.44. The lowest BCUT2D eigenvalue weighted by molar-refractivity contribution is 0.0884. The summed E-state index contributed by atoms with van der Waals surface area (Å²) in [4.78, 5) is 13.9. The zero-order valence-corrected chi connectivity index (χ0v) is 9.08. The summed E-state index contributed by atoms with van der Waals surface area (Å²) in [6.07, 6.45) is 3.95. The molecule has 1 aromatic carbocycles. The highest BCUT2D eigenvalue weighted by atomic mass is 16.1. The third-order valence-corrected chi connectivity index (χ3v) is 3.19. The second kappa shape index (κ2) is 2.88. The highest BCUT2D eigenvalue weighted by Gasteiger charge is 2.32. The van der Waals surface area contributed by atoms with E-state index in [0.29, 0.717) is 12.2 Å². The summed E-state index contributed by atoms with van der Waals surface area (Å²) in [6.45, 7) is 1.15. The molecule has 5 nitrogen and oxygen atoms in total. The molecule has 0 N–H and O–H groups in total. The van der Waals surface area contributed by atoms with Crippen molar-refractivity contribution in [3.05, 3.63) is 42.2 Å². The molecule has 0 radical (unpaired) electrons. The minimum atomic E-state index is 0.113. The van der Waals surface area contributed by atoms with Gasteiger partial charge in [-0.3, -0.25) is 9.80 Å². The maximum Gasteiger partial charge on any atom is 0.205 e. The third kappa shape index (κ3) is 1.03. The molecule has 4 rings (SSSR count). The SMILES string of the molecule is O=C1CN2C=CCN2n2nc3ccccc3c21. The van der Waals surface area contributed by atoms with Gasteiger partial charge in [-0.2, -0.15) is 9.89 Å². The first kappa shape index (κ1) is 8.81. The first-order valence-electron chi connectivity index (χ1n) is 5.56. The molecular weight excluding hydrogens is 216 g/mol. The van der Waals surface area contributed by atoms with Crippen LogP contribution < -0.4 is 5.12 Å². The average Bonchev–Trinajstić information content (AvgIpc) is 2.91. The Kier molecular flexibility index (Phi) is 1.49.